The van der Waals surface area contributed by atoms with Crippen molar-refractivity contribution in [3.05, 3.63) is 71.8 Å². The molecular weight excluding hydrogens is 286 g/mol. The molecule has 1 saturated heterocycles. The zero-order chi connectivity index (χ0) is 16.1. The van der Waals surface area contributed by atoms with Crippen LogP contribution in [0.1, 0.15) is 17.2 Å². The van der Waals surface area contributed by atoms with Gasteiger partial charge in [-0.25, -0.2) is 0 Å². The van der Waals surface area contributed by atoms with Crippen LogP contribution in [0.5, 0.6) is 0 Å². The van der Waals surface area contributed by atoms with Crippen molar-refractivity contribution in [3.8, 4) is 0 Å². The predicted octanol–water partition coefficient (Wildman–Crippen LogP) is 1.88. The van der Waals surface area contributed by atoms with E-state index in [0.717, 1.165) is 26.2 Å². The molecule has 0 saturated carbocycles. The van der Waals surface area contributed by atoms with E-state index in [0.29, 0.717) is 6.54 Å². The number of rotatable bonds is 5. The monoisotopic (exact) mass is 309 g/mol. The van der Waals surface area contributed by atoms with Crippen LogP contribution in [0.4, 0.5) is 0 Å². The van der Waals surface area contributed by atoms with Gasteiger partial charge in [-0.05, 0) is 11.1 Å². The van der Waals surface area contributed by atoms with Crippen molar-refractivity contribution in [2.45, 2.75) is 6.04 Å². The lowest BCUT2D eigenvalue weighted by atomic mass is 9.96. The minimum atomic E-state index is -0.249. The standard InChI is InChI=1S/C19H23N3O/c20-18(23)15-21-11-13-22(14-12-21)19(16-7-3-1-4-8-16)17-9-5-2-6-10-17/h1-10,19H,11-15H2,(H2,20,23). The number of carbonyl (C=O) groups is 1. The van der Waals surface area contributed by atoms with E-state index < -0.39 is 0 Å². The first-order valence-corrected chi connectivity index (χ1v) is 8.08. The second-order valence-electron chi connectivity index (χ2n) is 6.00. The zero-order valence-corrected chi connectivity index (χ0v) is 13.3. The van der Waals surface area contributed by atoms with Crippen LogP contribution in [0.15, 0.2) is 60.7 Å². The summed E-state index contributed by atoms with van der Waals surface area (Å²) in [6.45, 7) is 3.97. The number of hydrogen-bond acceptors (Lipinski definition) is 3. The van der Waals surface area contributed by atoms with Crippen LogP contribution in [0.3, 0.4) is 0 Å². The summed E-state index contributed by atoms with van der Waals surface area (Å²) in [7, 11) is 0. The topological polar surface area (TPSA) is 49.6 Å². The van der Waals surface area contributed by atoms with E-state index in [1.807, 2.05) is 0 Å². The van der Waals surface area contributed by atoms with Gasteiger partial charge in [-0.3, -0.25) is 14.6 Å². The molecule has 0 spiro atoms. The molecule has 3 rings (SSSR count). The number of hydrogen-bond donors (Lipinski definition) is 1. The van der Waals surface area contributed by atoms with Crippen molar-refractivity contribution in [2.75, 3.05) is 32.7 Å². The fraction of sp³-hybridized carbons (Fsp3) is 0.316. The van der Waals surface area contributed by atoms with Crippen molar-refractivity contribution in [1.82, 2.24) is 9.80 Å². The molecule has 0 bridgehead atoms. The number of amides is 1. The SMILES string of the molecule is NC(=O)CN1CCN(C(c2ccccc2)c2ccccc2)CC1. The number of nitrogens with two attached hydrogens (primary N) is 1. The summed E-state index contributed by atoms with van der Waals surface area (Å²) in [6.07, 6.45) is 0. The third-order valence-electron chi connectivity index (χ3n) is 4.38. The second kappa shape index (κ2) is 7.40. The Labute approximate surface area is 137 Å². The van der Waals surface area contributed by atoms with E-state index in [-0.39, 0.29) is 11.9 Å². The summed E-state index contributed by atoms with van der Waals surface area (Å²) in [4.78, 5) is 15.7. The van der Waals surface area contributed by atoms with Crippen LogP contribution >= 0.6 is 0 Å². The van der Waals surface area contributed by atoms with Gasteiger partial charge in [-0.1, -0.05) is 60.7 Å². The maximum absolute atomic E-state index is 11.1. The second-order valence-corrected chi connectivity index (χ2v) is 6.00. The van der Waals surface area contributed by atoms with Crippen molar-refractivity contribution in [3.63, 3.8) is 0 Å². The molecular formula is C19H23N3O. The Morgan fingerprint density at radius 1 is 0.870 bits per heavy atom. The molecule has 120 valence electrons. The lowest BCUT2D eigenvalue weighted by molar-refractivity contribution is -0.119. The van der Waals surface area contributed by atoms with E-state index in [1.165, 1.54) is 11.1 Å². The van der Waals surface area contributed by atoms with Crippen molar-refractivity contribution in [2.24, 2.45) is 5.73 Å². The first-order chi connectivity index (χ1) is 11.2. The molecule has 1 fully saturated rings. The Hall–Kier alpha value is -2.17. The van der Waals surface area contributed by atoms with Gasteiger partial charge in [0.05, 0.1) is 12.6 Å². The molecule has 1 aliphatic rings. The van der Waals surface area contributed by atoms with Crippen molar-refractivity contribution >= 4 is 5.91 Å². The van der Waals surface area contributed by atoms with Gasteiger partial charge in [-0.2, -0.15) is 0 Å². The van der Waals surface area contributed by atoms with E-state index in [1.54, 1.807) is 0 Å². The minimum Gasteiger partial charge on any atom is -0.369 e. The lowest BCUT2D eigenvalue weighted by Crippen LogP contribution is -2.49. The number of piperazine rings is 1. The molecule has 23 heavy (non-hydrogen) atoms. The molecule has 0 atom stereocenters. The minimum absolute atomic E-state index is 0.249. The Morgan fingerprint density at radius 3 is 1.78 bits per heavy atom. The van der Waals surface area contributed by atoms with Gasteiger partial charge in [0.25, 0.3) is 0 Å². The highest BCUT2D eigenvalue weighted by atomic mass is 16.1. The van der Waals surface area contributed by atoms with Gasteiger partial charge in [0.2, 0.25) is 5.91 Å². The van der Waals surface area contributed by atoms with Gasteiger partial charge in [0.15, 0.2) is 0 Å². The molecule has 4 nitrogen and oxygen atoms in total. The van der Waals surface area contributed by atoms with Gasteiger partial charge in [-0.15, -0.1) is 0 Å². The molecule has 0 unspecified atom stereocenters. The van der Waals surface area contributed by atoms with E-state index in [2.05, 4.69) is 70.5 Å². The average Bonchev–Trinajstić information content (AvgIpc) is 2.58. The lowest BCUT2D eigenvalue weighted by Gasteiger charge is -2.39. The van der Waals surface area contributed by atoms with Gasteiger partial charge >= 0.3 is 0 Å². The Bertz CT molecular complexity index is 582. The average molecular weight is 309 g/mol. The van der Waals surface area contributed by atoms with E-state index in [4.69, 9.17) is 5.73 Å². The first-order valence-electron chi connectivity index (χ1n) is 8.08. The summed E-state index contributed by atoms with van der Waals surface area (Å²) in [5.41, 5.74) is 7.92. The largest absolute Gasteiger partial charge is 0.369 e. The molecule has 4 heteroatoms. The van der Waals surface area contributed by atoms with Gasteiger partial charge in [0.1, 0.15) is 0 Å². The van der Waals surface area contributed by atoms with Crippen LogP contribution < -0.4 is 5.73 Å². The molecule has 2 aromatic rings. The highest BCUT2D eigenvalue weighted by Crippen LogP contribution is 2.29. The molecule has 1 heterocycles. The molecule has 1 amide bonds. The predicted molar refractivity (Wildman–Crippen MR) is 91.9 cm³/mol. The molecule has 1 aliphatic heterocycles. The highest BCUT2D eigenvalue weighted by molar-refractivity contribution is 5.75. The normalized spacial score (nSPS) is 16.6. The Morgan fingerprint density at radius 2 is 1.35 bits per heavy atom. The number of primary amides is 1. The van der Waals surface area contributed by atoms with E-state index in [9.17, 15) is 4.79 Å². The summed E-state index contributed by atoms with van der Waals surface area (Å²) in [5, 5.41) is 0. The zero-order valence-electron chi connectivity index (χ0n) is 13.3. The molecule has 0 aromatic heterocycles. The van der Waals surface area contributed by atoms with Crippen LogP contribution in [-0.4, -0.2) is 48.4 Å². The van der Waals surface area contributed by atoms with Crippen molar-refractivity contribution < 1.29 is 4.79 Å². The van der Waals surface area contributed by atoms with E-state index >= 15 is 0 Å². The molecule has 0 radical (unpaired) electrons. The summed E-state index contributed by atoms with van der Waals surface area (Å²) >= 11 is 0. The van der Waals surface area contributed by atoms with Gasteiger partial charge in [0, 0.05) is 26.2 Å². The number of benzene rings is 2. The third-order valence-corrected chi connectivity index (χ3v) is 4.38. The van der Waals surface area contributed by atoms with Crippen LogP contribution in [0, 0.1) is 0 Å². The molecule has 0 aliphatic carbocycles. The maximum atomic E-state index is 11.1. The number of nitrogens with zero attached hydrogens (tertiary/aromatic N) is 2. The fourth-order valence-corrected chi connectivity index (χ4v) is 3.28. The van der Waals surface area contributed by atoms with Gasteiger partial charge < -0.3 is 5.73 Å². The fourth-order valence-electron chi connectivity index (χ4n) is 3.28. The molecule has 2 N–H and O–H groups in total. The molecule has 2 aromatic carbocycles. The van der Waals surface area contributed by atoms with Crippen LogP contribution in [0.2, 0.25) is 0 Å². The summed E-state index contributed by atoms with van der Waals surface area (Å²) < 4.78 is 0. The smallest absolute Gasteiger partial charge is 0.231 e. The quantitative estimate of drug-likeness (QED) is 0.917. The van der Waals surface area contributed by atoms with Crippen LogP contribution in [0.25, 0.3) is 0 Å². The Balaban J connectivity index is 1.79. The van der Waals surface area contributed by atoms with Crippen molar-refractivity contribution in [1.29, 1.82) is 0 Å². The Kier molecular flexibility index (Phi) is 5.05. The number of carbonyl (C=O) groups excluding carboxylic acids is 1. The maximum Gasteiger partial charge on any atom is 0.231 e. The summed E-state index contributed by atoms with van der Waals surface area (Å²) in [6, 6.07) is 21.5. The summed E-state index contributed by atoms with van der Waals surface area (Å²) in [5.74, 6) is -0.249. The highest BCUT2D eigenvalue weighted by Gasteiger charge is 2.26. The van der Waals surface area contributed by atoms with Crippen LogP contribution in [-0.2, 0) is 4.79 Å². The third kappa shape index (κ3) is 3.97. The first kappa shape index (κ1) is 15.7.